The summed E-state index contributed by atoms with van der Waals surface area (Å²) in [6, 6.07) is 7.10. The standard InChI is InChI=1S/C22H25N5O4S/c1-13(2)26-21(29)20-16(10-11-32-20)27-18(24-25-22(26)27)6-5-7-19(28)23-15-9-8-14(30-3)12-17(15)31-4/h8-13H,5-7H2,1-4H3,(H,23,28). The summed E-state index contributed by atoms with van der Waals surface area (Å²) >= 11 is 1.41. The molecule has 0 aliphatic carbocycles. The van der Waals surface area contributed by atoms with Crippen LogP contribution < -0.4 is 20.3 Å². The van der Waals surface area contributed by atoms with Crippen molar-refractivity contribution in [1.82, 2.24) is 19.2 Å². The van der Waals surface area contributed by atoms with E-state index in [0.717, 1.165) is 11.3 Å². The summed E-state index contributed by atoms with van der Waals surface area (Å²) < 4.78 is 14.8. The number of rotatable bonds is 8. The number of nitrogens with zero attached hydrogens (tertiary/aromatic N) is 4. The molecule has 1 aromatic carbocycles. The van der Waals surface area contributed by atoms with Crippen molar-refractivity contribution in [2.45, 2.75) is 39.2 Å². The molecular formula is C22H25N5O4S. The number of anilines is 1. The number of carbonyl (C=O) groups is 1. The Labute approximate surface area is 188 Å². The first kappa shape index (κ1) is 21.8. The lowest BCUT2D eigenvalue weighted by Crippen LogP contribution is -2.24. The summed E-state index contributed by atoms with van der Waals surface area (Å²) in [5.74, 6) is 2.32. The summed E-state index contributed by atoms with van der Waals surface area (Å²) in [5, 5.41) is 13.4. The summed E-state index contributed by atoms with van der Waals surface area (Å²) in [6.45, 7) is 3.90. The molecule has 0 radical (unpaired) electrons. The quantitative estimate of drug-likeness (QED) is 0.435. The fourth-order valence-corrected chi connectivity index (χ4v) is 4.51. The molecule has 10 heteroatoms. The number of hydrogen-bond acceptors (Lipinski definition) is 7. The fourth-order valence-electron chi connectivity index (χ4n) is 3.70. The van der Waals surface area contributed by atoms with E-state index in [4.69, 9.17) is 9.47 Å². The highest BCUT2D eigenvalue weighted by atomic mass is 32.1. The molecule has 0 aliphatic heterocycles. The predicted molar refractivity (Wildman–Crippen MR) is 124 cm³/mol. The normalized spacial score (nSPS) is 11.4. The van der Waals surface area contributed by atoms with Crippen molar-refractivity contribution in [1.29, 1.82) is 0 Å². The third-order valence-electron chi connectivity index (χ3n) is 5.23. The molecular weight excluding hydrogens is 430 g/mol. The topological polar surface area (TPSA) is 99.7 Å². The molecule has 9 nitrogen and oxygen atoms in total. The van der Waals surface area contributed by atoms with E-state index in [1.807, 2.05) is 29.7 Å². The second-order valence-corrected chi connectivity index (χ2v) is 8.54. The number of hydrogen-bond donors (Lipinski definition) is 1. The Morgan fingerprint density at radius 1 is 1.19 bits per heavy atom. The summed E-state index contributed by atoms with van der Waals surface area (Å²) in [6.07, 6.45) is 1.44. The fraction of sp³-hybridized carbons (Fsp3) is 0.364. The van der Waals surface area contributed by atoms with Gasteiger partial charge in [0.25, 0.3) is 5.56 Å². The maximum absolute atomic E-state index is 12.8. The molecule has 0 saturated heterocycles. The van der Waals surface area contributed by atoms with Crippen molar-refractivity contribution in [2.75, 3.05) is 19.5 Å². The van der Waals surface area contributed by atoms with Crippen LogP contribution in [0.4, 0.5) is 5.69 Å². The highest BCUT2D eigenvalue weighted by molar-refractivity contribution is 7.17. The molecule has 0 saturated carbocycles. The number of aryl methyl sites for hydroxylation is 1. The van der Waals surface area contributed by atoms with E-state index in [2.05, 4.69) is 15.5 Å². The Morgan fingerprint density at radius 2 is 2.00 bits per heavy atom. The molecule has 0 bridgehead atoms. The summed E-state index contributed by atoms with van der Waals surface area (Å²) in [5.41, 5.74) is 1.34. The van der Waals surface area contributed by atoms with E-state index in [0.29, 0.717) is 46.9 Å². The molecule has 0 unspecified atom stereocenters. The van der Waals surface area contributed by atoms with E-state index in [1.165, 1.54) is 11.3 Å². The maximum atomic E-state index is 12.8. The van der Waals surface area contributed by atoms with Crippen LogP contribution in [0.5, 0.6) is 11.5 Å². The van der Waals surface area contributed by atoms with Gasteiger partial charge < -0.3 is 14.8 Å². The Morgan fingerprint density at radius 3 is 2.72 bits per heavy atom. The van der Waals surface area contributed by atoms with Crippen LogP contribution in [0.15, 0.2) is 34.4 Å². The number of fused-ring (bicyclic) bond motifs is 3. The van der Waals surface area contributed by atoms with Crippen LogP contribution in [0, 0.1) is 0 Å². The van der Waals surface area contributed by atoms with E-state index in [1.54, 1.807) is 37.0 Å². The average molecular weight is 456 g/mol. The van der Waals surface area contributed by atoms with Crippen LogP contribution in [0.1, 0.15) is 38.6 Å². The number of carbonyl (C=O) groups excluding carboxylic acids is 1. The van der Waals surface area contributed by atoms with Crippen LogP contribution in [0.25, 0.3) is 16.0 Å². The summed E-state index contributed by atoms with van der Waals surface area (Å²) in [7, 11) is 3.12. The average Bonchev–Trinajstić information content (AvgIpc) is 3.41. The maximum Gasteiger partial charge on any atom is 0.273 e. The minimum Gasteiger partial charge on any atom is -0.497 e. The van der Waals surface area contributed by atoms with Gasteiger partial charge in [0.05, 0.1) is 25.4 Å². The Kier molecular flexibility index (Phi) is 6.13. The van der Waals surface area contributed by atoms with E-state index < -0.39 is 0 Å². The highest BCUT2D eigenvalue weighted by Crippen LogP contribution is 2.29. The zero-order valence-electron chi connectivity index (χ0n) is 18.4. The number of methoxy groups -OCH3 is 2. The molecule has 0 aliphatic rings. The smallest absolute Gasteiger partial charge is 0.273 e. The number of nitrogens with one attached hydrogen (secondary N) is 1. The van der Waals surface area contributed by atoms with Gasteiger partial charge in [0.1, 0.15) is 22.0 Å². The van der Waals surface area contributed by atoms with Crippen molar-refractivity contribution in [2.24, 2.45) is 0 Å². The molecule has 1 amide bonds. The van der Waals surface area contributed by atoms with Crippen LogP contribution in [-0.4, -0.2) is 39.3 Å². The number of thiophene rings is 1. The third kappa shape index (κ3) is 3.93. The Hall–Kier alpha value is -3.40. The molecule has 168 valence electrons. The molecule has 32 heavy (non-hydrogen) atoms. The zero-order valence-corrected chi connectivity index (χ0v) is 19.2. The van der Waals surface area contributed by atoms with Crippen LogP contribution in [-0.2, 0) is 11.2 Å². The van der Waals surface area contributed by atoms with Crippen LogP contribution in [0.3, 0.4) is 0 Å². The van der Waals surface area contributed by atoms with Gasteiger partial charge in [-0.05, 0) is 43.8 Å². The number of aromatic nitrogens is 4. The second kappa shape index (κ2) is 8.99. The van der Waals surface area contributed by atoms with E-state index in [9.17, 15) is 9.59 Å². The van der Waals surface area contributed by atoms with Crippen LogP contribution >= 0.6 is 11.3 Å². The second-order valence-electron chi connectivity index (χ2n) is 7.62. The molecule has 1 N–H and O–H groups in total. The van der Waals surface area contributed by atoms with Gasteiger partial charge in [-0.25, -0.2) is 0 Å². The lowest BCUT2D eigenvalue weighted by molar-refractivity contribution is -0.116. The van der Waals surface area contributed by atoms with Crippen molar-refractivity contribution in [3.8, 4) is 11.5 Å². The Bertz CT molecular complexity index is 1340. The van der Waals surface area contributed by atoms with Gasteiger partial charge in [0.2, 0.25) is 11.7 Å². The molecule has 4 rings (SSSR count). The van der Waals surface area contributed by atoms with Gasteiger partial charge in [-0.1, -0.05) is 0 Å². The first-order valence-corrected chi connectivity index (χ1v) is 11.2. The van der Waals surface area contributed by atoms with Gasteiger partial charge in [-0.2, -0.15) is 0 Å². The van der Waals surface area contributed by atoms with Crippen LogP contribution in [0.2, 0.25) is 0 Å². The summed E-state index contributed by atoms with van der Waals surface area (Å²) in [4.78, 5) is 25.3. The first-order valence-electron chi connectivity index (χ1n) is 10.3. The minimum atomic E-state index is -0.123. The van der Waals surface area contributed by atoms with Crippen molar-refractivity contribution in [3.05, 3.63) is 45.8 Å². The monoisotopic (exact) mass is 455 g/mol. The molecule has 0 fully saturated rings. The van der Waals surface area contributed by atoms with Gasteiger partial charge in [-0.3, -0.25) is 18.6 Å². The molecule has 0 spiro atoms. The third-order valence-corrected chi connectivity index (χ3v) is 6.12. The first-order chi connectivity index (χ1) is 15.4. The number of benzene rings is 1. The zero-order chi connectivity index (χ0) is 22.8. The molecule has 4 aromatic rings. The molecule has 3 heterocycles. The highest BCUT2D eigenvalue weighted by Gasteiger charge is 2.19. The van der Waals surface area contributed by atoms with Gasteiger partial charge in [0, 0.05) is 24.9 Å². The van der Waals surface area contributed by atoms with Crippen molar-refractivity contribution in [3.63, 3.8) is 0 Å². The van der Waals surface area contributed by atoms with Crippen molar-refractivity contribution < 1.29 is 14.3 Å². The lowest BCUT2D eigenvalue weighted by atomic mass is 10.2. The van der Waals surface area contributed by atoms with E-state index in [-0.39, 0.29) is 17.5 Å². The van der Waals surface area contributed by atoms with Crippen molar-refractivity contribution >= 4 is 38.9 Å². The lowest BCUT2D eigenvalue weighted by Gasteiger charge is -2.12. The predicted octanol–water partition coefficient (Wildman–Crippen LogP) is 3.67. The minimum absolute atomic E-state index is 0.0428. The molecule has 0 atom stereocenters. The Balaban J connectivity index is 1.51. The van der Waals surface area contributed by atoms with Gasteiger partial charge >= 0.3 is 0 Å². The number of ether oxygens (including phenoxy) is 2. The SMILES string of the molecule is COc1ccc(NC(=O)CCCc2nnc3n(C(C)C)c(=O)c4sccc4n23)c(OC)c1. The van der Waals surface area contributed by atoms with E-state index >= 15 is 0 Å². The molecule has 3 aromatic heterocycles. The number of amides is 1. The van der Waals surface area contributed by atoms with Gasteiger partial charge in [-0.15, -0.1) is 21.5 Å². The largest absolute Gasteiger partial charge is 0.497 e. The van der Waals surface area contributed by atoms with Gasteiger partial charge in [0.15, 0.2) is 0 Å².